The van der Waals surface area contributed by atoms with E-state index in [2.05, 4.69) is 43.3 Å². The van der Waals surface area contributed by atoms with Crippen LogP contribution >= 0.6 is 27.7 Å². The van der Waals surface area contributed by atoms with Crippen molar-refractivity contribution in [3.63, 3.8) is 0 Å². The van der Waals surface area contributed by atoms with Crippen molar-refractivity contribution in [3.8, 4) is 6.07 Å². The number of hydrogen-bond acceptors (Lipinski definition) is 5. The first-order valence-electron chi connectivity index (χ1n) is 6.63. The smallest absolute Gasteiger partial charge is 0.182 e. The molecule has 0 aliphatic rings. The number of unbranched alkanes of at least 4 members (excludes halogenated alkanes) is 1. The first-order chi connectivity index (χ1) is 10.3. The van der Waals surface area contributed by atoms with E-state index in [4.69, 9.17) is 5.26 Å². The molecule has 0 saturated heterocycles. The number of hydrogen-bond donors (Lipinski definition) is 1. The van der Waals surface area contributed by atoms with E-state index in [-0.39, 0.29) is 0 Å². The Morgan fingerprint density at radius 2 is 2.00 bits per heavy atom. The monoisotopic (exact) mass is 362 g/mol. The van der Waals surface area contributed by atoms with Crippen LogP contribution in [-0.2, 0) is 0 Å². The van der Waals surface area contributed by atoms with Crippen LogP contribution in [-0.4, -0.2) is 22.3 Å². The normalized spacial score (nSPS) is 10.1. The second-order valence-electron chi connectivity index (χ2n) is 4.28. The third-order valence-electron chi connectivity index (χ3n) is 2.76. The zero-order valence-corrected chi connectivity index (χ0v) is 13.8. The molecule has 4 nitrogen and oxygen atoms in total. The summed E-state index contributed by atoms with van der Waals surface area (Å²) in [6, 6.07) is 10.3. The van der Waals surface area contributed by atoms with Gasteiger partial charge in [-0.1, -0.05) is 12.1 Å². The Balaban J connectivity index is 1.67. The molecular weight excluding hydrogens is 348 g/mol. The summed E-state index contributed by atoms with van der Waals surface area (Å²) in [5, 5.41) is 12.1. The van der Waals surface area contributed by atoms with Crippen LogP contribution in [0.5, 0.6) is 0 Å². The number of aromatic nitrogens is 2. The second kappa shape index (κ2) is 8.65. The van der Waals surface area contributed by atoms with E-state index in [1.807, 2.05) is 30.0 Å². The van der Waals surface area contributed by atoms with Crippen molar-refractivity contribution in [1.29, 1.82) is 5.26 Å². The number of thioether (sulfide) groups is 1. The first-order valence-corrected chi connectivity index (χ1v) is 8.41. The molecule has 0 spiro atoms. The van der Waals surface area contributed by atoms with Crippen molar-refractivity contribution in [2.24, 2.45) is 0 Å². The number of halogens is 1. The Kier molecular flexibility index (Phi) is 6.51. The van der Waals surface area contributed by atoms with Gasteiger partial charge < -0.3 is 5.32 Å². The van der Waals surface area contributed by atoms with Crippen LogP contribution in [0.2, 0.25) is 0 Å². The van der Waals surface area contributed by atoms with E-state index in [1.54, 1.807) is 6.20 Å². The average molecular weight is 363 g/mol. The molecule has 0 radical (unpaired) electrons. The van der Waals surface area contributed by atoms with Crippen molar-refractivity contribution in [1.82, 2.24) is 9.97 Å². The lowest BCUT2D eigenvalue weighted by molar-refractivity contribution is 0.837. The van der Waals surface area contributed by atoms with Gasteiger partial charge >= 0.3 is 0 Å². The van der Waals surface area contributed by atoms with Crippen molar-refractivity contribution in [2.75, 3.05) is 17.6 Å². The van der Waals surface area contributed by atoms with E-state index in [0.717, 1.165) is 29.6 Å². The Morgan fingerprint density at radius 1 is 1.19 bits per heavy atom. The quantitative estimate of drug-likeness (QED) is 0.593. The summed E-state index contributed by atoms with van der Waals surface area (Å²) in [6.07, 6.45) is 5.24. The highest BCUT2D eigenvalue weighted by Crippen LogP contribution is 2.27. The molecule has 0 bridgehead atoms. The van der Waals surface area contributed by atoms with Crippen molar-refractivity contribution in [3.05, 3.63) is 46.8 Å². The van der Waals surface area contributed by atoms with E-state index >= 15 is 0 Å². The Bertz CT molecular complexity index is 627. The minimum absolute atomic E-state index is 0.347. The maximum atomic E-state index is 8.91. The molecule has 6 heteroatoms. The Hall–Kier alpha value is -1.58. The van der Waals surface area contributed by atoms with Gasteiger partial charge in [0.15, 0.2) is 11.5 Å². The number of rotatable bonds is 7. The third-order valence-corrected chi connectivity index (χ3v) is 4.88. The molecule has 1 N–H and O–H groups in total. The van der Waals surface area contributed by atoms with Gasteiger partial charge in [-0.25, -0.2) is 9.97 Å². The van der Waals surface area contributed by atoms with Gasteiger partial charge in [0.1, 0.15) is 6.07 Å². The fourth-order valence-electron chi connectivity index (χ4n) is 1.73. The van der Waals surface area contributed by atoms with Gasteiger partial charge in [0, 0.05) is 28.3 Å². The van der Waals surface area contributed by atoms with Crippen LogP contribution in [0.3, 0.4) is 0 Å². The summed E-state index contributed by atoms with van der Waals surface area (Å²) >= 11 is 5.39. The van der Waals surface area contributed by atoms with Gasteiger partial charge in [-0.05, 0) is 46.7 Å². The predicted octanol–water partition coefficient (Wildman–Crippen LogP) is 4.10. The minimum Gasteiger partial charge on any atom is -0.368 e. The molecule has 0 aliphatic carbocycles. The van der Waals surface area contributed by atoms with Crippen molar-refractivity contribution < 1.29 is 0 Å². The van der Waals surface area contributed by atoms with E-state index in [1.165, 1.54) is 11.1 Å². The van der Waals surface area contributed by atoms with E-state index < -0.39 is 0 Å². The number of benzene rings is 1. The molecule has 2 rings (SSSR count). The van der Waals surface area contributed by atoms with E-state index in [9.17, 15) is 0 Å². The van der Waals surface area contributed by atoms with Gasteiger partial charge in [0.2, 0.25) is 0 Å². The lowest BCUT2D eigenvalue weighted by Crippen LogP contribution is -2.06. The fourth-order valence-corrected chi connectivity index (χ4v) is 3.30. The minimum atomic E-state index is 0.347. The van der Waals surface area contributed by atoms with Crippen molar-refractivity contribution in [2.45, 2.75) is 17.7 Å². The summed E-state index contributed by atoms with van der Waals surface area (Å²) in [7, 11) is 0. The SMILES string of the molecule is N#Cc1nccnc1NCCCCSc1ccccc1Br. The lowest BCUT2D eigenvalue weighted by atomic mass is 10.3. The predicted molar refractivity (Wildman–Crippen MR) is 89.3 cm³/mol. The number of nitrogens with zero attached hydrogens (tertiary/aromatic N) is 3. The summed E-state index contributed by atoms with van der Waals surface area (Å²) < 4.78 is 1.14. The highest BCUT2D eigenvalue weighted by molar-refractivity contribution is 9.10. The summed E-state index contributed by atoms with van der Waals surface area (Å²) in [5.74, 6) is 1.63. The van der Waals surface area contributed by atoms with Crippen molar-refractivity contribution >= 4 is 33.5 Å². The summed E-state index contributed by atoms with van der Waals surface area (Å²) in [6.45, 7) is 0.796. The molecule has 0 fully saturated rings. The molecule has 0 atom stereocenters. The van der Waals surface area contributed by atoms with Crippen LogP contribution < -0.4 is 5.32 Å². The van der Waals surface area contributed by atoms with Crippen LogP contribution in [0.15, 0.2) is 46.0 Å². The molecule has 0 aliphatic heterocycles. The molecule has 0 unspecified atom stereocenters. The molecule has 0 amide bonds. The van der Waals surface area contributed by atoms with Gasteiger partial charge in [0.25, 0.3) is 0 Å². The summed E-state index contributed by atoms with van der Waals surface area (Å²) in [5.41, 5.74) is 0.347. The zero-order chi connectivity index (χ0) is 14.9. The molecule has 1 aromatic carbocycles. The highest BCUT2D eigenvalue weighted by Gasteiger charge is 2.03. The zero-order valence-electron chi connectivity index (χ0n) is 11.4. The largest absolute Gasteiger partial charge is 0.368 e. The molecule has 2 aromatic rings. The highest BCUT2D eigenvalue weighted by atomic mass is 79.9. The lowest BCUT2D eigenvalue weighted by Gasteiger charge is -2.06. The number of anilines is 1. The standard InChI is InChI=1S/C15H15BrN4S/c16-12-5-1-2-6-14(12)21-10-4-3-7-19-15-13(11-17)18-8-9-20-15/h1-2,5-6,8-9H,3-4,7,10H2,(H,19,20). The number of nitriles is 1. The van der Waals surface area contributed by atoms with Gasteiger partial charge in [-0.2, -0.15) is 5.26 Å². The first kappa shape index (κ1) is 15.8. The third kappa shape index (κ3) is 5.03. The number of nitrogens with one attached hydrogen (secondary N) is 1. The molecule has 21 heavy (non-hydrogen) atoms. The Morgan fingerprint density at radius 3 is 2.81 bits per heavy atom. The van der Waals surface area contributed by atoms with Gasteiger partial charge in [0.05, 0.1) is 0 Å². The Labute approximate surface area is 137 Å². The van der Waals surface area contributed by atoms with Crippen LogP contribution in [0, 0.1) is 11.3 Å². The topological polar surface area (TPSA) is 61.6 Å². The maximum Gasteiger partial charge on any atom is 0.182 e. The fraction of sp³-hybridized carbons (Fsp3) is 0.267. The second-order valence-corrected chi connectivity index (χ2v) is 6.27. The molecular formula is C15H15BrN4S. The average Bonchev–Trinajstić information content (AvgIpc) is 2.52. The molecule has 1 aromatic heterocycles. The van der Waals surface area contributed by atoms with E-state index in [0.29, 0.717) is 11.5 Å². The van der Waals surface area contributed by atoms with Gasteiger partial charge in [-0.15, -0.1) is 11.8 Å². The summed E-state index contributed by atoms with van der Waals surface area (Å²) in [4.78, 5) is 9.35. The van der Waals surface area contributed by atoms with Gasteiger partial charge in [-0.3, -0.25) is 0 Å². The molecule has 108 valence electrons. The molecule has 1 heterocycles. The van der Waals surface area contributed by atoms with Crippen LogP contribution in [0.4, 0.5) is 5.82 Å². The van der Waals surface area contributed by atoms with Crippen LogP contribution in [0.25, 0.3) is 0 Å². The molecule has 0 saturated carbocycles. The maximum absolute atomic E-state index is 8.91. The van der Waals surface area contributed by atoms with Crippen LogP contribution in [0.1, 0.15) is 18.5 Å².